The van der Waals surface area contributed by atoms with E-state index in [1.165, 1.54) is 0 Å². The van der Waals surface area contributed by atoms with E-state index in [1.54, 1.807) is 43.5 Å². The van der Waals surface area contributed by atoms with Crippen molar-refractivity contribution in [2.45, 2.75) is 13.8 Å². The predicted molar refractivity (Wildman–Crippen MR) is 122 cm³/mol. The zero-order chi connectivity index (χ0) is 22.4. The molecule has 1 N–H and O–H groups in total. The number of rotatable bonds is 7. The van der Waals surface area contributed by atoms with E-state index in [-0.39, 0.29) is 24.3 Å². The number of nitrogens with one attached hydrogen (secondary N) is 1. The fourth-order valence-electron chi connectivity index (χ4n) is 3.46. The molecule has 0 radical (unpaired) electrons. The number of halogens is 1. The van der Waals surface area contributed by atoms with Gasteiger partial charge in [-0.2, -0.15) is 0 Å². The number of anilines is 2. The zero-order valence-corrected chi connectivity index (χ0v) is 18.8. The minimum atomic E-state index is -0.284. The summed E-state index contributed by atoms with van der Waals surface area (Å²) < 4.78 is 10.7. The van der Waals surface area contributed by atoms with Crippen molar-refractivity contribution in [1.29, 1.82) is 0 Å². The number of methoxy groups -OCH3 is 1. The maximum atomic E-state index is 12.5. The summed E-state index contributed by atoms with van der Waals surface area (Å²) in [5.41, 5.74) is 1.39. The van der Waals surface area contributed by atoms with Crippen LogP contribution in [0.5, 0.6) is 11.5 Å². The number of benzene rings is 2. The van der Waals surface area contributed by atoms with Crippen LogP contribution >= 0.6 is 11.6 Å². The van der Waals surface area contributed by atoms with E-state index in [9.17, 15) is 9.59 Å². The first-order valence-corrected chi connectivity index (χ1v) is 10.7. The van der Waals surface area contributed by atoms with Gasteiger partial charge in [0, 0.05) is 32.1 Å². The molecular formula is C23H28ClN3O4. The van der Waals surface area contributed by atoms with Gasteiger partial charge in [-0.05, 0) is 36.4 Å². The van der Waals surface area contributed by atoms with Gasteiger partial charge in [-0.3, -0.25) is 9.59 Å². The molecule has 1 heterocycles. The van der Waals surface area contributed by atoms with Crippen molar-refractivity contribution < 1.29 is 19.1 Å². The van der Waals surface area contributed by atoms with Crippen LogP contribution in [0.4, 0.5) is 11.4 Å². The molecule has 7 nitrogen and oxygen atoms in total. The molecule has 0 spiro atoms. The van der Waals surface area contributed by atoms with E-state index < -0.39 is 0 Å². The number of nitrogens with zero attached hydrogens (tertiary/aromatic N) is 2. The van der Waals surface area contributed by atoms with Gasteiger partial charge in [0.15, 0.2) is 6.61 Å². The SMILES string of the molecule is COc1ccc(OCC(=O)Nc2cccc(Cl)c2N2CCN(C(=O)C(C)C)CC2)cc1. The van der Waals surface area contributed by atoms with E-state index in [0.717, 1.165) is 11.4 Å². The first kappa shape index (κ1) is 22.7. The summed E-state index contributed by atoms with van der Waals surface area (Å²) in [6.45, 7) is 6.22. The smallest absolute Gasteiger partial charge is 0.262 e. The van der Waals surface area contributed by atoms with E-state index in [1.807, 2.05) is 24.8 Å². The molecule has 1 aliphatic rings. The molecule has 2 aromatic rings. The average molecular weight is 446 g/mol. The van der Waals surface area contributed by atoms with Crippen molar-refractivity contribution >= 4 is 34.8 Å². The Labute approximate surface area is 187 Å². The fourth-order valence-corrected chi connectivity index (χ4v) is 3.75. The lowest BCUT2D eigenvalue weighted by molar-refractivity contribution is -0.134. The van der Waals surface area contributed by atoms with Gasteiger partial charge in [-0.25, -0.2) is 0 Å². The number of ether oxygens (including phenoxy) is 2. The second-order valence-corrected chi connectivity index (χ2v) is 8.02. The maximum absolute atomic E-state index is 12.5. The van der Waals surface area contributed by atoms with Crippen LogP contribution < -0.4 is 19.7 Å². The number of piperazine rings is 1. The third-order valence-electron chi connectivity index (χ3n) is 5.09. The second-order valence-electron chi connectivity index (χ2n) is 7.62. The van der Waals surface area contributed by atoms with Gasteiger partial charge in [0.25, 0.3) is 5.91 Å². The molecule has 0 unspecified atom stereocenters. The minimum Gasteiger partial charge on any atom is -0.497 e. The van der Waals surface area contributed by atoms with Crippen LogP contribution in [0.15, 0.2) is 42.5 Å². The second kappa shape index (κ2) is 10.4. The van der Waals surface area contributed by atoms with Crippen LogP contribution in [0, 0.1) is 5.92 Å². The Morgan fingerprint density at radius 2 is 1.68 bits per heavy atom. The molecule has 31 heavy (non-hydrogen) atoms. The van der Waals surface area contributed by atoms with E-state index in [4.69, 9.17) is 21.1 Å². The van der Waals surface area contributed by atoms with Crippen LogP contribution in [0.25, 0.3) is 0 Å². The Morgan fingerprint density at radius 3 is 2.29 bits per heavy atom. The number of carbonyl (C=O) groups is 2. The predicted octanol–water partition coefficient (Wildman–Crippen LogP) is 3.67. The van der Waals surface area contributed by atoms with Crippen molar-refractivity contribution in [3.05, 3.63) is 47.5 Å². The molecule has 0 aromatic heterocycles. The lowest BCUT2D eigenvalue weighted by atomic mass is 10.1. The molecule has 2 aromatic carbocycles. The largest absolute Gasteiger partial charge is 0.497 e. The highest BCUT2D eigenvalue weighted by Gasteiger charge is 2.25. The van der Waals surface area contributed by atoms with Crippen molar-refractivity contribution in [3.63, 3.8) is 0 Å². The minimum absolute atomic E-state index is 0.0209. The van der Waals surface area contributed by atoms with Crippen molar-refractivity contribution in [2.75, 3.05) is 50.1 Å². The van der Waals surface area contributed by atoms with E-state index >= 15 is 0 Å². The van der Waals surface area contributed by atoms with E-state index in [0.29, 0.717) is 42.6 Å². The third-order valence-corrected chi connectivity index (χ3v) is 5.40. The van der Waals surface area contributed by atoms with Gasteiger partial charge in [-0.15, -0.1) is 0 Å². The number of hydrogen-bond donors (Lipinski definition) is 1. The van der Waals surface area contributed by atoms with Crippen LogP contribution in [-0.2, 0) is 9.59 Å². The molecule has 8 heteroatoms. The Balaban J connectivity index is 1.62. The van der Waals surface area contributed by atoms with Gasteiger partial charge in [0.05, 0.1) is 23.5 Å². The molecular weight excluding hydrogens is 418 g/mol. The number of para-hydroxylation sites is 1. The zero-order valence-electron chi connectivity index (χ0n) is 18.1. The summed E-state index contributed by atoms with van der Waals surface area (Å²) in [5.74, 6) is 1.15. The topological polar surface area (TPSA) is 71.1 Å². The van der Waals surface area contributed by atoms with Crippen molar-refractivity contribution in [3.8, 4) is 11.5 Å². The molecule has 0 atom stereocenters. The summed E-state index contributed by atoms with van der Waals surface area (Å²) in [6.07, 6.45) is 0. The summed E-state index contributed by atoms with van der Waals surface area (Å²) in [5, 5.41) is 3.45. The van der Waals surface area contributed by atoms with Crippen LogP contribution in [0.3, 0.4) is 0 Å². The molecule has 0 aliphatic carbocycles. The normalized spacial score (nSPS) is 13.8. The van der Waals surface area contributed by atoms with E-state index in [2.05, 4.69) is 10.2 Å². The van der Waals surface area contributed by atoms with Gasteiger partial charge in [-0.1, -0.05) is 31.5 Å². The lowest BCUT2D eigenvalue weighted by Gasteiger charge is -2.38. The van der Waals surface area contributed by atoms with Gasteiger partial charge < -0.3 is 24.6 Å². The summed E-state index contributed by atoms with van der Waals surface area (Å²) in [7, 11) is 1.59. The molecule has 1 aliphatic heterocycles. The molecule has 0 bridgehead atoms. The van der Waals surface area contributed by atoms with Gasteiger partial charge >= 0.3 is 0 Å². The Hall–Kier alpha value is -2.93. The maximum Gasteiger partial charge on any atom is 0.262 e. The molecule has 166 valence electrons. The molecule has 1 saturated heterocycles. The Morgan fingerprint density at radius 1 is 1.03 bits per heavy atom. The van der Waals surface area contributed by atoms with Crippen molar-refractivity contribution in [2.24, 2.45) is 5.92 Å². The molecule has 2 amide bonds. The summed E-state index contributed by atoms with van der Waals surface area (Å²) >= 11 is 6.48. The summed E-state index contributed by atoms with van der Waals surface area (Å²) in [6, 6.07) is 12.4. The Kier molecular flexibility index (Phi) is 7.63. The quantitative estimate of drug-likeness (QED) is 0.704. The van der Waals surface area contributed by atoms with Crippen LogP contribution in [-0.4, -0.2) is 56.6 Å². The first-order valence-electron chi connectivity index (χ1n) is 10.3. The number of hydrogen-bond acceptors (Lipinski definition) is 5. The molecule has 0 saturated carbocycles. The molecule has 1 fully saturated rings. The van der Waals surface area contributed by atoms with Crippen molar-refractivity contribution in [1.82, 2.24) is 4.90 Å². The lowest BCUT2D eigenvalue weighted by Crippen LogP contribution is -2.50. The highest BCUT2D eigenvalue weighted by Crippen LogP contribution is 2.34. The first-order chi connectivity index (χ1) is 14.9. The number of carbonyl (C=O) groups excluding carboxylic acids is 2. The van der Waals surface area contributed by atoms with Gasteiger partial charge in [0.2, 0.25) is 5.91 Å². The van der Waals surface area contributed by atoms with Gasteiger partial charge in [0.1, 0.15) is 11.5 Å². The molecule has 3 rings (SSSR count). The monoisotopic (exact) mass is 445 g/mol. The van der Waals surface area contributed by atoms with Crippen LogP contribution in [0.2, 0.25) is 5.02 Å². The van der Waals surface area contributed by atoms with Crippen LogP contribution in [0.1, 0.15) is 13.8 Å². The number of amides is 2. The standard InChI is InChI=1S/C23H28ClN3O4/c1-16(2)23(29)27-13-11-26(12-14-27)22-19(24)5-4-6-20(22)25-21(28)15-31-18-9-7-17(30-3)8-10-18/h4-10,16H,11-15H2,1-3H3,(H,25,28). The average Bonchev–Trinajstić information content (AvgIpc) is 2.78. The summed E-state index contributed by atoms with van der Waals surface area (Å²) in [4.78, 5) is 28.7. The fraction of sp³-hybridized carbons (Fsp3) is 0.391. The third kappa shape index (κ3) is 5.82. The highest BCUT2D eigenvalue weighted by molar-refractivity contribution is 6.34. The highest BCUT2D eigenvalue weighted by atomic mass is 35.5. The Bertz CT molecular complexity index is 910.